The lowest BCUT2D eigenvalue weighted by molar-refractivity contribution is -0.115. The molecule has 134 valence electrons. The zero-order valence-electron chi connectivity index (χ0n) is 14.2. The van der Waals surface area contributed by atoms with E-state index in [0.717, 1.165) is 11.1 Å². The standard InChI is InChI=1S/C20H15N3O2S2/c21-16(24)12-27-20-22-18-17(15(11-26-18)13-7-3-1-4-8-13)19(25)23(20)14-9-5-2-6-10-14/h1-11H,12H2,(H2,21,24). The van der Waals surface area contributed by atoms with Crippen LogP contribution in [0.1, 0.15) is 0 Å². The molecule has 2 N–H and O–H groups in total. The molecule has 0 saturated heterocycles. The number of nitrogens with zero attached hydrogens (tertiary/aromatic N) is 2. The first-order valence-electron chi connectivity index (χ1n) is 8.21. The van der Waals surface area contributed by atoms with Gasteiger partial charge >= 0.3 is 0 Å². The van der Waals surface area contributed by atoms with Gasteiger partial charge in [0.15, 0.2) is 5.16 Å². The van der Waals surface area contributed by atoms with Crippen LogP contribution in [-0.2, 0) is 4.79 Å². The number of carbonyl (C=O) groups excluding carboxylic acids is 1. The number of thiophene rings is 1. The van der Waals surface area contributed by atoms with Gasteiger partial charge in [0.05, 0.1) is 16.8 Å². The molecule has 5 nitrogen and oxygen atoms in total. The van der Waals surface area contributed by atoms with Crippen molar-refractivity contribution in [2.75, 3.05) is 5.75 Å². The summed E-state index contributed by atoms with van der Waals surface area (Å²) in [6.45, 7) is 0. The Labute approximate surface area is 163 Å². The Morgan fingerprint density at radius 3 is 2.41 bits per heavy atom. The number of hydrogen-bond acceptors (Lipinski definition) is 5. The first kappa shape index (κ1) is 17.5. The number of thioether (sulfide) groups is 1. The molecular weight excluding hydrogens is 378 g/mol. The van der Waals surface area contributed by atoms with Crippen LogP contribution in [0.2, 0.25) is 0 Å². The van der Waals surface area contributed by atoms with Crippen molar-refractivity contribution >= 4 is 39.2 Å². The predicted molar refractivity (Wildman–Crippen MR) is 111 cm³/mol. The minimum absolute atomic E-state index is 0.0572. The summed E-state index contributed by atoms with van der Waals surface area (Å²) in [6.07, 6.45) is 0. The van der Waals surface area contributed by atoms with E-state index in [1.54, 1.807) is 4.57 Å². The van der Waals surface area contributed by atoms with Crippen LogP contribution in [0, 0.1) is 0 Å². The second kappa shape index (κ2) is 7.38. The highest BCUT2D eigenvalue weighted by Crippen LogP contribution is 2.32. The summed E-state index contributed by atoms with van der Waals surface area (Å²) in [6, 6.07) is 19.1. The van der Waals surface area contributed by atoms with Crippen molar-refractivity contribution in [1.29, 1.82) is 0 Å². The number of fused-ring (bicyclic) bond motifs is 1. The fourth-order valence-electron chi connectivity index (χ4n) is 2.84. The zero-order valence-corrected chi connectivity index (χ0v) is 15.8. The number of carbonyl (C=O) groups is 1. The van der Waals surface area contributed by atoms with Crippen molar-refractivity contribution in [3.8, 4) is 16.8 Å². The molecule has 2 aromatic heterocycles. The predicted octanol–water partition coefficient (Wildman–Crippen LogP) is 3.69. The number of primary amides is 1. The van der Waals surface area contributed by atoms with E-state index in [9.17, 15) is 9.59 Å². The fraction of sp³-hybridized carbons (Fsp3) is 0.0500. The summed E-state index contributed by atoms with van der Waals surface area (Å²) in [5, 5.41) is 2.99. The average Bonchev–Trinajstić information content (AvgIpc) is 3.12. The Morgan fingerprint density at radius 2 is 1.74 bits per heavy atom. The average molecular weight is 393 g/mol. The number of hydrogen-bond donors (Lipinski definition) is 1. The van der Waals surface area contributed by atoms with E-state index in [1.807, 2.05) is 66.0 Å². The normalized spacial score (nSPS) is 11.0. The number of amides is 1. The second-order valence-electron chi connectivity index (χ2n) is 5.82. The molecule has 0 aliphatic carbocycles. The van der Waals surface area contributed by atoms with Crippen molar-refractivity contribution in [3.05, 3.63) is 76.4 Å². The summed E-state index contributed by atoms with van der Waals surface area (Å²) in [5.41, 5.74) is 7.67. The molecule has 27 heavy (non-hydrogen) atoms. The van der Waals surface area contributed by atoms with E-state index in [0.29, 0.717) is 21.1 Å². The topological polar surface area (TPSA) is 78.0 Å². The Bertz CT molecular complexity index is 1170. The summed E-state index contributed by atoms with van der Waals surface area (Å²) in [5.74, 6) is -0.396. The van der Waals surface area contributed by atoms with Crippen molar-refractivity contribution in [1.82, 2.24) is 9.55 Å². The van der Waals surface area contributed by atoms with Crippen LogP contribution in [-0.4, -0.2) is 21.2 Å². The summed E-state index contributed by atoms with van der Waals surface area (Å²) >= 11 is 2.59. The van der Waals surface area contributed by atoms with Gasteiger partial charge in [0.1, 0.15) is 4.83 Å². The molecular formula is C20H15N3O2S2. The van der Waals surface area contributed by atoms with Crippen LogP contribution in [0.3, 0.4) is 0 Å². The highest BCUT2D eigenvalue weighted by Gasteiger charge is 2.18. The first-order valence-corrected chi connectivity index (χ1v) is 10.1. The minimum atomic E-state index is -0.454. The van der Waals surface area contributed by atoms with Crippen molar-refractivity contribution in [2.45, 2.75) is 5.16 Å². The van der Waals surface area contributed by atoms with Gasteiger partial charge in [0.25, 0.3) is 5.56 Å². The number of benzene rings is 2. The van der Waals surface area contributed by atoms with Gasteiger partial charge in [-0.1, -0.05) is 60.3 Å². The molecule has 2 heterocycles. The molecule has 0 aliphatic heterocycles. The third-order valence-electron chi connectivity index (χ3n) is 4.02. The van der Waals surface area contributed by atoms with Gasteiger partial charge in [0.2, 0.25) is 5.91 Å². The molecule has 0 atom stereocenters. The molecule has 2 aromatic carbocycles. The van der Waals surface area contributed by atoms with Crippen LogP contribution >= 0.6 is 23.1 Å². The Balaban J connectivity index is 1.99. The zero-order chi connectivity index (χ0) is 18.8. The molecule has 0 unspecified atom stereocenters. The van der Waals surface area contributed by atoms with Crippen LogP contribution in [0.15, 0.2) is 76.0 Å². The number of para-hydroxylation sites is 1. The first-order chi connectivity index (χ1) is 13.1. The van der Waals surface area contributed by atoms with Crippen LogP contribution < -0.4 is 11.3 Å². The smallest absolute Gasteiger partial charge is 0.268 e. The van der Waals surface area contributed by atoms with Gasteiger partial charge in [-0.25, -0.2) is 4.98 Å². The SMILES string of the molecule is NC(=O)CSc1nc2scc(-c3ccccc3)c2c(=O)n1-c1ccccc1. The molecule has 7 heteroatoms. The molecule has 1 amide bonds. The van der Waals surface area contributed by atoms with E-state index >= 15 is 0 Å². The molecule has 4 rings (SSSR count). The maximum atomic E-state index is 13.4. The third kappa shape index (κ3) is 3.39. The number of aromatic nitrogens is 2. The van der Waals surface area contributed by atoms with Crippen LogP contribution in [0.4, 0.5) is 0 Å². The molecule has 0 spiro atoms. The lowest BCUT2D eigenvalue weighted by atomic mass is 10.1. The number of nitrogens with two attached hydrogens (primary N) is 1. The van der Waals surface area contributed by atoms with Crippen LogP contribution in [0.25, 0.3) is 27.0 Å². The van der Waals surface area contributed by atoms with Crippen molar-refractivity contribution < 1.29 is 4.79 Å². The monoisotopic (exact) mass is 393 g/mol. The van der Waals surface area contributed by atoms with Gasteiger partial charge in [-0.3, -0.25) is 14.2 Å². The fourth-order valence-corrected chi connectivity index (χ4v) is 4.58. The molecule has 0 aliphatic rings. The molecule has 0 bridgehead atoms. The summed E-state index contributed by atoms with van der Waals surface area (Å²) < 4.78 is 1.55. The molecule has 0 radical (unpaired) electrons. The minimum Gasteiger partial charge on any atom is -0.369 e. The summed E-state index contributed by atoms with van der Waals surface area (Å²) in [7, 11) is 0. The maximum absolute atomic E-state index is 13.4. The second-order valence-corrected chi connectivity index (χ2v) is 7.62. The number of rotatable bonds is 5. The van der Waals surface area contributed by atoms with E-state index in [4.69, 9.17) is 5.73 Å². The lowest BCUT2D eigenvalue weighted by Gasteiger charge is -2.12. The van der Waals surface area contributed by atoms with E-state index in [2.05, 4.69) is 4.98 Å². The van der Waals surface area contributed by atoms with Crippen LogP contribution in [0.5, 0.6) is 0 Å². The lowest BCUT2D eigenvalue weighted by Crippen LogP contribution is -2.22. The van der Waals surface area contributed by atoms with Gasteiger partial charge in [-0.2, -0.15) is 0 Å². The largest absolute Gasteiger partial charge is 0.369 e. The van der Waals surface area contributed by atoms with E-state index in [-0.39, 0.29) is 11.3 Å². The van der Waals surface area contributed by atoms with Gasteiger partial charge in [-0.05, 0) is 17.7 Å². The highest BCUT2D eigenvalue weighted by atomic mass is 32.2. The van der Waals surface area contributed by atoms with Gasteiger partial charge in [0, 0.05) is 10.9 Å². The summed E-state index contributed by atoms with van der Waals surface area (Å²) in [4.78, 5) is 30.0. The van der Waals surface area contributed by atoms with Crippen molar-refractivity contribution in [2.24, 2.45) is 5.73 Å². The molecule has 4 aromatic rings. The van der Waals surface area contributed by atoms with E-state index < -0.39 is 5.91 Å². The Morgan fingerprint density at radius 1 is 1.07 bits per heavy atom. The highest BCUT2D eigenvalue weighted by molar-refractivity contribution is 7.99. The maximum Gasteiger partial charge on any atom is 0.268 e. The Kier molecular flexibility index (Phi) is 4.79. The third-order valence-corrected chi connectivity index (χ3v) is 5.85. The van der Waals surface area contributed by atoms with Crippen molar-refractivity contribution in [3.63, 3.8) is 0 Å². The van der Waals surface area contributed by atoms with Gasteiger partial charge < -0.3 is 5.73 Å². The quantitative estimate of drug-likeness (QED) is 0.414. The molecule has 0 fully saturated rings. The Hall–Kier alpha value is -2.90. The van der Waals surface area contributed by atoms with E-state index in [1.165, 1.54) is 23.1 Å². The van der Waals surface area contributed by atoms with Gasteiger partial charge in [-0.15, -0.1) is 11.3 Å². The molecule has 0 saturated carbocycles.